The molecule has 8 heteroatoms. The SMILES string of the molecule is CC(=O)N[C@@H]1[C@@H](O)[C@H](O)[C@@H](C(N)O)O[C@H]1O. The van der Waals surface area contributed by atoms with Gasteiger partial charge in [-0.25, -0.2) is 0 Å². The van der Waals surface area contributed by atoms with Gasteiger partial charge in [0.1, 0.15) is 30.6 Å². The summed E-state index contributed by atoms with van der Waals surface area (Å²) >= 11 is 0. The van der Waals surface area contributed by atoms with Gasteiger partial charge in [-0.3, -0.25) is 4.79 Å². The van der Waals surface area contributed by atoms with Crippen molar-refractivity contribution in [1.29, 1.82) is 0 Å². The average molecular weight is 236 g/mol. The van der Waals surface area contributed by atoms with Gasteiger partial charge < -0.3 is 36.2 Å². The van der Waals surface area contributed by atoms with Crippen molar-refractivity contribution in [2.45, 2.75) is 43.8 Å². The quantitative estimate of drug-likeness (QED) is 0.270. The molecule has 1 rings (SSSR count). The molecule has 6 atom stereocenters. The highest BCUT2D eigenvalue weighted by Gasteiger charge is 2.46. The van der Waals surface area contributed by atoms with E-state index in [4.69, 9.17) is 15.6 Å². The Kier molecular flexibility index (Phi) is 4.19. The second kappa shape index (κ2) is 5.04. The van der Waals surface area contributed by atoms with E-state index in [1.807, 2.05) is 0 Å². The number of carbonyl (C=O) groups is 1. The number of aliphatic hydroxyl groups is 4. The van der Waals surface area contributed by atoms with Gasteiger partial charge in [0.25, 0.3) is 0 Å². The number of nitrogens with two attached hydrogens (primary N) is 1. The van der Waals surface area contributed by atoms with Crippen LogP contribution in [-0.2, 0) is 9.53 Å². The number of aliphatic hydroxyl groups excluding tert-OH is 4. The Bertz CT molecular complexity index is 261. The van der Waals surface area contributed by atoms with Crippen LogP contribution in [0.4, 0.5) is 0 Å². The fraction of sp³-hybridized carbons (Fsp3) is 0.875. The van der Waals surface area contributed by atoms with Crippen LogP contribution in [-0.4, -0.2) is 63.2 Å². The summed E-state index contributed by atoms with van der Waals surface area (Å²) in [5.74, 6) is -0.495. The van der Waals surface area contributed by atoms with Crippen LogP contribution in [0.5, 0.6) is 0 Å². The van der Waals surface area contributed by atoms with Gasteiger partial charge in [0.05, 0.1) is 0 Å². The van der Waals surface area contributed by atoms with E-state index in [1.54, 1.807) is 0 Å². The van der Waals surface area contributed by atoms with Crippen LogP contribution in [0.3, 0.4) is 0 Å². The minimum Gasteiger partial charge on any atom is -0.388 e. The van der Waals surface area contributed by atoms with Crippen molar-refractivity contribution in [3.05, 3.63) is 0 Å². The molecule has 16 heavy (non-hydrogen) atoms. The zero-order valence-corrected chi connectivity index (χ0v) is 8.65. The molecule has 1 saturated heterocycles. The molecule has 94 valence electrons. The predicted octanol–water partition coefficient (Wildman–Crippen LogP) is -3.79. The summed E-state index contributed by atoms with van der Waals surface area (Å²) in [7, 11) is 0. The molecule has 7 N–H and O–H groups in total. The molecule has 0 radical (unpaired) electrons. The second-order valence-corrected chi connectivity index (χ2v) is 3.69. The summed E-state index contributed by atoms with van der Waals surface area (Å²) in [6.45, 7) is 1.19. The Hall–Kier alpha value is -0.770. The van der Waals surface area contributed by atoms with Crippen molar-refractivity contribution in [3.63, 3.8) is 0 Å². The first-order valence-corrected chi connectivity index (χ1v) is 4.75. The van der Waals surface area contributed by atoms with Crippen molar-refractivity contribution >= 4 is 5.91 Å². The second-order valence-electron chi connectivity index (χ2n) is 3.69. The van der Waals surface area contributed by atoms with Crippen LogP contribution in [0.1, 0.15) is 6.92 Å². The third-order valence-corrected chi connectivity index (χ3v) is 2.36. The molecule has 0 bridgehead atoms. The Morgan fingerprint density at radius 2 is 1.94 bits per heavy atom. The van der Waals surface area contributed by atoms with Crippen LogP contribution in [0.25, 0.3) is 0 Å². The number of hydrogen-bond acceptors (Lipinski definition) is 7. The van der Waals surface area contributed by atoms with Gasteiger partial charge in [0, 0.05) is 6.92 Å². The van der Waals surface area contributed by atoms with E-state index in [1.165, 1.54) is 6.92 Å². The standard InChI is InChI=1S/C8H16N2O6/c1-2(11)10-3-4(12)5(13)6(7(9)14)16-8(3)15/h3-8,12-15H,9H2,1H3,(H,10,11)/t3-,4-,5+,6+,7?,8-/m1/s1. The maximum Gasteiger partial charge on any atom is 0.217 e. The van der Waals surface area contributed by atoms with E-state index in [0.29, 0.717) is 0 Å². The normalized spacial score (nSPS) is 41.5. The Labute approximate surface area is 91.6 Å². The molecule has 8 nitrogen and oxygen atoms in total. The van der Waals surface area contributed by atoms with Crippen molar-refractivity contribution in [2.24, 2.45) is 5.73 Å². The predicted molar refractivity (Wildman–Crippen MR) is 50.7 cm³/mol. The maximum absolute atomic E-state index is 10.8. The fourth-order valence-corrected chi connectivity index (χ4v) is 1.58. The number of rotatable bonds is 2. The highest BCUT2D eigenvalue weighted by molar-refractivity contribution is 5.73. The summed E-state index contributed by atoms with van der Waals surface area (Å²) in [5.41, 5.74) is 5.09. The molecule has 1 unspecified atom stereocenters. The van der Waals surface area contributed by atoms with Gasteiger partial charge in [-0.1, -0.05) is 0 Å². The lowest BCUT2D eigenvalue weighted by Crippen LogP contribution is -2.66. The number of amides is 1. The third kappa shape index (κ3) is 2.67. The van der Waals surface area contributed by atoms with Crippen molar-refractivity contribution in [1.82, 2.24) is 5.32 Å². The van der Waals surface area contributed by atoms with E-state index < -0.39 is 42.8 Å². The Morgan fingerprint density at radius 3 is 2.38 bits per heavy atom. The first-order chi connectivity index (χ1) is 7.34. The zero-order chi connectivity index (χ0) is 12.5. The molecule has 0 aromatic heterocycles. The summed E-state index contributed by atoms with van der Waals surface area (Å²) in [4.78, 5) is 10.8. The molecule has 0 saturated carbocycles. The van der Waals surface area contributed by atoms with E-state index in [2.05, 4.69) is 5.32 Å². The fourth-order valence-electron chi connectivity index (χ4n) is 1.58. The van der Waals surface area contributed by atoms with E-state index in [9.17, 15) is 20.1 Å². The minimum absolute atomic E-state index is 0.495. The molecular formula is C8H16N2O6. The lowest BCUT2D eigenvalue weighted by molar-refractivity contribution is -0.265. The molecule has 0 spiro atoms. The average Bonchev–Trinajstić information content (AvgIpc) is 2.17. The van der Waals surface area contributed by atoms with Gasteiger partial charge in [-0.15, -0.1) is 0 Å². The number of ether oxygens (including phenoxy) is 1. The summed E-state index contributed by atoms with van der Waals surface area (Å²) in [6, 6.07) is -1.16. The van der Waals surface area contributed by atoms with Gasteiger partial charge in [0.15, 0.2) is 6.29 Å². The molecule has 1 aliphatic rings. The first-order valence-electron chi connectivity index (χ1n) is 4.75. The van der Waals surface area contributed by atoms with Crippen LogP contribution in [0.2, 0.25) is 0 Å². The molecule has 0 aromatic carbocycles. The molecular weight excluding hydrogens is 220 g/mol. The van der Waals surface area contributed by atoms with Crippen LogP contribution in [0.15, 0.2) is 0 Å². The van der Waals surface area contributed by atoms with Crippen LogP contribution >= 0.6 is 0 Å². The Morgan fingerprint density at radius 1 is 1.38 bits per heavy atom. The summed E-state index contributed by atoms with van der Waals surface area (Å²) < 4.78 is 4.80. The van der Waals surface area contributed by atoms with Gasteiger partial charge in [-0.2, -0.15) is 0 Å². The number of hydrogen-bond donors (Lipinski definition) is 6. The highest BCUT2D eigenvalue weighted by Crippen LogP contribution is 2.20. The molecule has 0 aliphatic carbocycles. The largest absolute Gasteiger partial charge is 0.388 e. The van der Waals surface area contributed by atoms with Gasteiger partial charge >= 0.3 is 0 Å². The lowest BCUT2D eigenvalue weighted by atomic mass is 9.96. The topological polar surface area (TPSA) is 145 Å². The lowest BCUT2D eigenvalue weighted by Gasteiger charge is -2.41. The molecule has 1 fully saturated rings. The van der Waals surface area contributed by atoms with E-state index >= 15 is 0 Å². The maximum atomic E-state index is 10.8. The Balaban J connectivity index is 2.75. The number of carbonyl (C=O) groups excluding carboxylic acids is 1. The minimum atomic E-state index is -1.55. The molecule has 1 aliphatic heterocycles. The first kappa shape index (κ1) is 13.3. The van der Waals surface area contributed by atoms with Crippen LogP contribution in [0, 0.1) is 0 Å². The summed E-state index contributed by atoms with van der Waals surface area (Å²) in [6.07, 6.45) is -7.38. The molecule has 1 heterocycles. The third-order valence-electron chi connectivity index (χ3n) is 2.36. The highest BCUT2D eigenvalue weighted by atomic mass is 16.6. The van der Waals surface area contributed by atoms with Crippen molar-refractivity contribution in [3.8, 4) is 0 Å². The van der Waals surface area contributed by atoms with Crippen molar-refractivity contribution < 1.29 is 30.0 Å². The monoisotopic (exact) mass is 236 g/mol. The smallest absolute Gasteiger partial charge is 0.217 e. The van der Waals surface area contributed by atoms with Crippen LogP contribution < -0.4 is 11.1 Å². The number of nitrogens with one attached hydrogen (secondary N) is 1. The zero-order valence-electron chi connectivity index (χ0n) is 8.65. The van der Waals surface area contributed by atoms with Gasteiger partial charge in [0.2, 0.25) is 5.91 Å². The van der Waals surface area contributed by atoms with Gasteiger partial charge in [-0.05, 0) is 0 Å². The molecule has 0 aromatic rings. The van der Waals surface area contributed by atoms with E-state index in [-0.39, 0.29) is 0 Å². The molecule has 1 amide bonds. The van der Waals surface area contributed by atoms with Crippen molar-refractivity contribution in [2.75, 3.05) is 0 Å². The summed E-state index contributed by atoms with van der Waals surface area (Å²) in [5, 5.41) is 39.8. The van der Waals surface area contributed by atoms with E-state index in [0.717, 1.165) is 0 Å².